The van der Waals surface area contributed by atoms with E-state index in [4.69, 9.17) is 4.74 Å². The molecule has 0 saturated carbocycles. The van der Waals surface area contributed by atoms with Crippen LogP contribution in [0.2, 0.25) is 0 Å². The van der Waals surface area contributed by atoms with Crippen LogP contribution in [0.3, 0.4) is 0 Å². The highest BCUT2D eigenvalue weighted by Crippen LogP contribution is 2.20. The molecule has 0 heterocycles. The number of benzene rings is 2. The molecular formula is C18H20O2S. The first kappa shape index (κ1) is 15.6. The second-order valence-corrected chi connectivity index (χ2v) is 6.00. The quantitative estimate of drug-likeness (QED) is 0.542. The zero-order valence-corrected chi connectivity index (χ0v) is 13.3. The summed E-state index contributed by atoms with van der Waals surface area (Å²) in [4.78, 5) is 13.6. The topological polar surface area (TPSA) is 26.3 Å². The lowest BCUT2D eigenvalue weighted by Gasteiger charge is -2.06. The third kappa shape index (κ3) is 4.36. The lowest BCUT2D eigenvalue weighted by Crippen LogP contribution is -2.01. The van der Waals surface area contributed by atoms with E-state index < -0.39 is 0 Å². The minimum Gasteiger partial charge on any atom is -0.494 e. The molecule has 0 aliphatic carbocycles. The number of carbonyl (C=O) groups excluding carboxylic acids is 1. The summed E-state index contributed by atoms with van der Waals surface area (Å²) >= 11 is 1.77. The summed E-state index contributed by atoms with van der Waals surface area (Å²) in [5, 5.41) is 0. The van der Waals surface area contributed by atoms with E-state index in [1.165, 1.54) is 4.90 Å². The maximum Gasteiger partial charge on any atom is 0.193 e. The molecule has 21 heavy (non-hydrogen) atoms. The Balaban J connectivity index is 2.08. The fourth-order valence-electron chi connectivity index (χ4n) is 1.96. The van der Waals surface area contributed by atoms with Gasteiger partial charge < -0.3 is 4.74 Å². The fraction of sp³-hybridized carbons (Fsp3) is 0.278. The van der Waals surface area contributed by atoms with Crippen LogP contribution in [0.1, 0.15) is 36.2 Å². The van der Waals surface area contributed by atoms with Crippen molar-refractivity contribution in [2.45, 2.75) is 25.2 Å². The van der Waals surface area contributed by atoms with Crippen LogP contribution in [0.15, 0.2) is 53.4 Å². The summed E-state index contributed by atoms with van der Waals surface area (Å²) in [7, 11) is 0. The first-order valence-electron chi connectivity index (χ1n) is 7.25. The van der Waals surface area contributed by atoms with Crippen molar-refractivity contribution < 1.29 is 9.53 Å². The number of rotatable bonds is 7. The molecule has 0 unspecified atom stereocenters. The highest BCUT2D eigenvalue weighted by atomic mass is 32.2. The highest BCUT2D eigenvalue weighted by Gasteiger charge is 2.09. The number of ketones is 1. The van der Waals surface area contributed by atoms with Crippen molar-refractivity contribution in [3.8, 4) is 5.75 Å². The van der Waals surface area contributed by atoms with Crippen molar-refractivity contribution in [1.82, 2.24) is 0 Å². The van der Waals surface area contributed by atoms with Crippen molar-refractivity contribution in [2.75, 3.05) is 12.4 Å². The second-order valence-electron chi connectivity index (χ2n) is 4.66. The predicted octanol–water partition coefficient (Wildman–Crippen LogP) is 4.82. The molecule has 3 heteroatoms. The lowest BCUT2D eigenvalue weighted by molar-refractivity contribution is 0.103. The van der Waals surface area contributed by atoms with Crippen LogP contribution in [0.5, 0.6) is 5.75 Å². The Morgan fingerprint density at radius 3 is 2.05 bits per heavy atom. The van der Waals surface area contributed by atoms with Gasteiger partial charge in [0, 0.05) is 16.0 Å². The number of hydrogen-bond acceptors (Lipinski definition) is 3. The standard InChI is InChI=1S/C18H20O2S/c1-3-13-20-16-9-5-14(6-10-16)18(19)15-7-11-17(12-8-15)21-4-2/h5-12H,3-4,13H2,1-2H3. The second kappa shape index (κ2) is 7.89. The van der Waals surface area contributed by atoms with Crippen molar-refractivity contribution in [1.29, 1.82) is 0 Å². The van der Waals surface area contributed by atoms with Gasteiger partial charge in [0.15, 0.2) is 5.78 Å². The maximum absolute atomic E-state index is 12.4. The number of carbonyl (C=O) groups is 1. The van der Waals surface area contributed by atoms with Gasteiger partial charge in [-0.15, -0.1) is 11.8 Å². The van der Waals surface area contributed by atoms with Crippen LogP contribution in [0.4, 0.5) is 0 Å². The van der Waals surface area contributed by atoms with Crippen molar-refractivity contribution in [3.63, 3.8) is 0 Å². The van der Waals surface area contributed by atoms with Gasteiger partial charge >= 0.3 is 0 Å². The van der Waals surface area contributed by atoms with Gasteiger partial charge in [0.05, 0.1) is 6.61 Å². The van der Waals surface area contributed by atoms with E-state index in [0.717, 1.165) is 23.5 Å². The Labute approximate surface area is 130 Å². The third-order valence-corrected chi connectivity index (χ3v) is 3.91. The Bertz CT molecular complexity index is 573. The van der Waals surface area contributed by atoms with E-state index >= 15 is 0 Å². The Morgan fingerprint density at radius 2 is 1.52 bits per heavy atom. The van der Waals surface area contributed by atoms with Gasteiger partial charge in [0.1, 0.15) is 5.75 Å². The van der Waals surface area contributed by atoms with E-state index in [9.17, 15) is 4.79 Å². The minimum absolute atomic E-state index is 0.0464. The summed E-state index contributed by atoms with van der Waals surface area (Å²) in [6.07, 6.45) is 0.975. The molecule has 0 aromatic heterocycles. The van der Waals surface area contributed by atoms with Crippen LogP contribution in [-0.2, 0) is 0 Å². The highest BCUT2D eigenvalue weighted by molar-refractivity contribution is 7.99. The van der Waals surface area contributed by atoms with Gasteiger partial charge in [-0.3, -0.25) is 4.79 Å². The van der Waals surface area contributed by atoms with Crippen LogP contribution in [-0.4, -0.2) is 18.1 Å². The van der Waals surface area contributed by atoms with Crippen molar-refractivity contribution in [3.05, 3.63) is 59.7 Å². The average Bonchev–Trinajstić information content (AvgIpc) is 2.54. The summed E-state index contributed by atoms with van der Waals surface area (Å²) in [6, 6.07) is 15.1. The predicted molar refractivity (Wildman–Crippen MR) is 88.5 cm³/mol. The van der Waals surface area contributed by atoms with Crippen LogP contribution in [0.25, 0.3) is 0 Å². The van der Waals surface area contributed by atoms with Gasteiger partial charge in [0.25, 0.3) is 0 Å². The molecule has 0 N–H and O–H groups in total. The monoisotopic (exact) mass is 300 g/mol. The van der Waals surface area contributed by atoms with E-state index in [2.05, 4.69) is 13.8 Å². The number of hydrogen-bond donors (Lipinski definition) is 0. The molecule has 2 nitrogen and oxygen atoms in total. The maximum atomic E-state index is 12.4. The number of ether oxygens (including phenoxy) is 1. The summed E-state index contributed by atoms with van der Waals surface area (Å²) in [5.74, 6) is 1.89. The molecule has 0 amide bonds. The van der Waals surface area contributed by atoms with Gasteiger partial charge in [-0.2, -0.15) is 0 Å². The van der Waals surface area contributed by atoms with E-state index in [0.29, 0.717) is 12.2 Å². The molecule has 110 valence electrons. The molecule has 0 atom stereocenters. The first-order valence-corrected chi connectivity index (χ1v) is 8.23. The SMILES string of the molecule is CCCOc1ccc(C(=O)c2ccc(SCC)cc2)cc1. The smallest absolute Gasteiger partial charge is 0.193 e. The molecule has 0 aliphatic heterocycles. The van der Waals surface area contributed by atoms with Crippen molar-refractivity contribution >= 4 is 17.5 Å². The summed E-state index contributed by atoms with van der Waals surface area (Å²) in [5.41, 5.74) is 1.41. The summed E-state index contributed by atoms with van der Waals surface area (Å²) in [6.45, 7) is 4.88. The Hall–Kier alpha value is -1.74. The normalized spacial score (nSPS) is 10.4. The lowest BCUT2D eigenvalue weighted by atomic mass is 10.0. The zero-order chi connectivity index (χ0) is 15.1. The molecule has 0 aliphatic rings. The van der Waals surface area contributed by atoms with Crippen LogP contribution < -0.4 is 4.74 Å². The van der Waals surface area contributed by atoms with Gasteiger partial charge in [-0.05, 0) is 60.7 Å². The fourth-order valence-corrected chi connectivity index (χ4v) is 2.62. The summed E-state index contributed by atoms with van der Waals surface area (Å²) < 4.78 is 5.52. The molecule has 0 bridgehead atoms. The molecule has 2 aromatic rings. The molecule has 0 radical (unpaired) electrons. The van der Waals surface area contributed by atoms with Gasteiger partial charge in [-0.25, -0.2) is 0 Å². The van der Waals surface area contributed by atoms with Crippen molar-refractivity contribution in [2.24, 2.45) is 0 Å². The molecule has 0 saturated heterocycles. The largest absolute Gasteiger partial charge is 0.494 e. The van der Waals surface area contributed by atoms with Crippen LogP contribution in [0, 0.1) is 0 Å². The van der Waals surface area contributed by atoms with E-state index in [-0.39, 0.29) is 5.78 Å². The van der Waals surface area contributed by atoms with Gasteiger partial charge in [-0.1, -0.05) is 13.8 Å². The molecule has 0 spiro atoms. The van der Waals surface area contributed by atoms with E-state index in [1.54, 1.807) is 11.8 Å². The van der Waals surface area contributed by atoms with E-state index in [1.807, 2.05) is 48.5 Å². The molecule has 0 fully saturated rings. The average molecular weight is 300 g/mol. The Kier molecular flexibility index (Phi) is 5.88. The number of thioether (sulfide) groups is 1. The molecular weight excluding hydrogens is 280 g/mol. The molecule has 2 rings (SSSR count). The molecule has 2 aromatic carbocycles. The zero-order valence-electron chi connectivity index (χ0n) is 12.5. The minimum atomic E-state index is 0.0464. The van der Waals surface area contributed by atoms with Crippen LogP contribution >= 0.6 is 11.8 Å². The third-order valence-electron chi connectivity index (χ3n) is 3.02. The first-order chi connectivity index (χ1) is 10.2. The van der Waals surface area contributed by atoms with Gasteiger partial charge in [0.2, 0.25) is 0 Å². The Morgan fingerprint density at radius 1 is 0.952 bits per heavy atom.